The number of hydrogen-bond donors (Lipinski definition) is 1. The zero-order chi connectivity index (χ0) is 28.6. The first-order chi connectivity index (χ1) is 18.5. The molecule has 0 aliphatic heterocycles. The summed E-state index contributed by atoms with van der Waals surface area (Å²) >= 11 is 0. The first-order valence-electron chi connectivity index (χ1n) is 14.2. The molecule has 0 saturated heterocycles. The zero-order valence-electron chi connectivity index (χ0n) is 24.2. The van der Waals surface area contributed by atoms with Crippen molar-refractivity contribution in [2.75, 3.05) is 17.1 Å². The van der Waals surface area contributed by atoms with Gasteiger partial charge in [-0.3, -0.25) is 13.9 Å². The largest absolute Gasteiger partial charge is 0.352 e. The number of aryl methyl sites for hydroxylation is 3. The van der Waals surface area contributed by atoms with Crippen LogP contribution in [0.3, 0.4) is 0 Å². The maximum absolute atomic E-state index is 13.7. The molecule has 0 heterocycles. The highest BCUT2D eigenvalue weighted by Gasteiger charge is 2.30. The molecule has 1 fully saturated rings. The van der Waals surface area contributed by atoms with Gasteiger partial charge in [0.2, 0.25) is 21.8 Å². The molecule has 7 nitrogen and oxygen atoms in total. The molecular weight excluding hydrogens is 510 g/mol. The van der Waals surface area contributed by atoms with Crippen LogP contribution in [0.1, 0.15) is 80.5 Å². The molecule has 1 N–H and O–H groups in total. The quantitative estimate of drug-likeness (QED) is 0.379. The molecular formula is C31H45N3O4S. The van der Waals surface area contributed by atoms with Crippen LogP contribution in [0.15, 0.2) is 42.5 Å². The van der Waals surface area contributed by atoms with E-state index in [1.54, 1.807) is 4.90 Å². The van der Waals surface area contributed by atoms with E-state index in [4.69, 9.17) is 0 Å². The van der Waals surface area contributed by atoms with Crippen molar-refractivity contribution in [3.05, 3.63) is 64.7 Å². The van der Waals surface area contributed by atoms with Crippen LogP contribution >= 0.6 is 0 Å². The van der Waals surface area contributed by atoms with Crippen LogP contribution in [0, 0.1) is 20.8 Å². The smallest absolute Gasteiger partial charge is 0.243 e. The summed E-state index contributed by atoms with van der Waals surface area (Å²) in [5.74, 6) is -0.239. The molecule has 0 bridgehead atoms. The number of nitrogens with zero attached hydrogens (tertiary/aromatic N) is 2. The summed E-state index contributed by atoms with van der Waals surface area (Å²) in [6, 6.07) is 13.2. The third-order valence-corrected chi connectivity index (χ3v) is 8.78. The molecule has 8 heteroatoms. The van der Waals surface area contributed by atoms with E-state index in [0.717, 1.165) is 47.9 Å². The van der Waals surface area contributed by atoms with Crippen molar-refractivity contribution in [2.45, 2.75) is 97.7 Å². The van der Waals surface area contributed by atoms with E-state index in [1.807, 2.05) is 70.2 Å². The molecule has 214 valence electrons. The van der Waals surface area contributed by atoms with Crippen LogP contribution < -0.4 is 9.62 Å². The molecule has 1 aliphatic carbocycles. The maximum Gasteiger partial charge on any atom is 0.243 e. The van der Waals surface area contributed by atoms with Crippen molar-refractivity contribution in [2.24, 2.45) is 0 Å². The predicted octanol–water partition coefficient (Wildman–Crippen LogP) is 5.41. The van der Waals surface area contributed by atoms with Gasteiger partial charge >= 0.3 is 0 Å². The fourth-order valence-corrected chi connectivity index (χ4v) is 6.48. The van der Waals surface area contributed by atoms with Gasteiger partial charge in [-0.2, -0.15) is 0 Å². The number of hydrogen-bond acceptors (Lipinski definition) is 4. The Kier molecular flexibility index (Phi) is 11.0. The highest BCUT2D eigenvalue weighted by Crippen LogP contribution is 2.23. The van der Waals surface area contributed by atoms with Crippen LogP contribution in [-0.2, 0) is 26.2 Å². The Morgan fingerprint density at radius 1 is 1.00 bits per heavy atom. The molecule has 1 atom stereocenters. The monoisotopic (exact) mass is 555 g/mol. The average Bonchev–Trinajstić information content (AvgIpc) is 2.86. The maximum atomic E-state index is 13.7. The van der Waals surface area contributed by atoms with Gasteiger partial charge in [-0.05, 0) is 80.8 Å². The minimum atomic E-state index is -3.53. The predicted molar refractivity (Wildman–Crippen MR) is 158 cm³/mol. The average molecular weight is 556 g/mol. The third kappa shape index (κ3) is 8.82. The lowest BCUT2D eigenvalue weighted by Crippen LogP contribution is -2.51. The first kappa shape index (κ1) is 30.7. The fraction of sp³-hybridized carbons (Fsp3) is 0.548. The fourth-order valence-electron chi connectivity index (χ4n) is 5.53. The summed E-state index contributed by atoms with van der Waals surface area (Å²) in [4.78, 5) is 28.8. The van der Waals surface area contributed by atoms with E-state index in [-0.39, 0.29) is 30.8 Å². The lowest BCUT2D eigenvalue weighted by Gasteiger charge is -2.33. The Morgan fingerprint density at radius 3 is 2.23 bits per heavy atom. The molecule has 2 aromatic rings. The van der Waals surface area contributed by atoms with Crippen molar-refractivity contribution >= 4 is 27.5 Å². The molecule has 2 amide bonds. The van der Waals surface area contributed by atoms with Crippen molar-refractivity contribution in [1.82, 2.24) is 10.2 Å². The summed E-state index contributed by atoms with van der Waals surface area (Å²) in [5.41, 5.74) is 4.64. The number of carbonyl (C=O) groups is 2. The lowest BCUT2D eigenvalue weighted by atomic mass is 9.95. The number of rotatable bonds is 12. The highest BCUT2D eigenvalue weighted by atomic mass is 32.2. The van der Waals surface area contributed by atoms with E-state index >= 15 is 0 Å². The van der Waals surface area contributed by atoms with Gasteiger partial charge in [0.15, 0.2) is 0 Å². The summed E-state index contributed by atoms with van der Waals surface area (Å²) in [5, 5.41) is 3.21. The number of nitrogens with one attached hydrogen (secondary N) is 1. The van der Waals surface area contributed by atoms with Crippen molar-refractivity contribution < 1.29 is 18.0 Å². The standard InChI is InChI=1S/C31H45N3O4S/c1-6-29(31(36)32-27-15-8-7-9-16-27)33(22-26-14-11-10-13-25(26)4)30(35)17-12-18-34(39(5,37)38)28-20-23(2)19-24(3)21-28/h10-11,13-14,19-21,27,29H,6-9,12,15-18,22H2,1-5H3,(H,32,36)/t29-/m1/s1. The normalized spacial score (nSPS) is 15.0. The number of anilines is 1. The van der Waals surface area contributed by atoms with Gasteiger partial charge < -0.3 is 10.2 Å². The topological polar surface area (TPSA) is 86.8 Å². The van der Waals surface area contributed by atoms with Crippen LogP contribution in [-0.4, -0.2) is 50.0 Å². The molecule has 3 rings (SSSR count). The SMILES string of the molecule is CC[C@H](C(=O)NC1CCCCC1)N(Cc1ccccc1C)C(=O)CCCN(c1cc(C)cc(C)c1)S(C)(=O)=O. The molecule has 39 heavy (non-hydrogen) atoms. The number of amides is 2. The third-order valence-electron chi connectivity index (χ3n) is 7.59. The summed E-state index contributed by atoms with van der Waals surface area (Å²) in [7, 11) is -3.53. The Bertz CT molecular complexity index is 1220. The molecule has 0 radical (unpaired) electrons. The number of sulfonamides is 1. The Morgan fingerprint density at radius 2 is 1.64 bits per heavy atom. The molecule has 1 saturated carbocycles. The highest BCUT2D eigenvalue weighted by molar-refractivity contribution is 7.92. The second-order valence-corrected chi connectivity index (χ2v) is 12.9. The van der Waals surface area contributed by atoms with Crippen LogP contribution in [0.25, 0.3) is 0 Å². The number of benzene rings is 2. The minimum Gasteiger partial charge on any atom is -0.352 e. The van der Waals surface area contributed by atoms with Gasteiger partial charge in [0.05, 0.1) is 11.9 Å². The Labute approximate surface area is 235 Å². The molecule has 1 aliphatic rings. The van der Waals surface area contributed by atoms with Gasteiger partial charge in [0.1, 0.15) is 6.04 Å². The summed E-state index contributed by atoms with van der Waals surface area (Å²) in [6.45, 7) is 8.36. The minimum absolute atomic E-state index is 0.0978. The van der Waals surface area contributed by atoms with Gasteiger partial charge in [-0.1, -0.05) is 56.5 Å². The van der Waals surface area contributed by atoms with Gasteiger partial charge in [-0.25, -0.2) is 8.42 Å². The molecule has 2 aromatic carbocycles. The second kappa shape index (κ2) is 14.0. The van der Waals surface area contributed by atoms with E-state index < -0.39 is 16.1 Å². The molecule has 0 aromatic heterocycles. The van der Waals surface area contributed by atoms with Crippen molar-refractivity contribution in [1.29, 1.82) is 0 Å². The van der Waals surface area contributed by atoms with Crippen LogP contribution in [0.2, 0.25) is 0 Å². The second-order valence-electron chi connectivity index (χ2n) is 11.0. The van der Waals surface area contributed by atoms with Gasteiger partial charge in [0.25, 0.3) is 0 Å². The van der Waals surface area contributed by atoms with E-state index in [1.165, 1.54) is 17.0 Å². The van der Waals surface area contributed by atoms with Gasteiger partial charge in [-0.15, -0.1) is 0 Å². The molecule has 0 unspecified atom stereocenters. The van der Waals surface area contributed by atoms with Crippen LogP contribution in [0.5, 0.6) is 0 Å². The van der Waals surface area contributed by atoms with E-state index in [9.17, 15) is 18.0 Å². The first-order valence-corrected chi connectivity index (χ1v) is 16.0. The van der Waals surface area contributed by atoms with E-state index in [2.05, 4.69) is 5.32 Å². The molecule has 0 spiro atoms. The Balaban J connectivity index is 1.78. The van der Waals surface area contributed by atoms with Crippen molar-refractivity contribution in [3.8, 4) is 0 Å². The van der Waals surface area contributed by atoms with E-state index in [0.29, 0.717) is 25.1 Å². The van der Waals surface area contributed by atoms with Gasteiger partial charge in [0, 0.05) is 25.6 Å². The summed E-state index contributed by atoms with van der Waals surface area (Å²) < 4.78 is 26.7. The zero-order valence-corrected chi connectivity index (χ0v) is 25.0. The van der Waals surface area contributed by atoms with Crippen LogP contribution in [0.4, 0.5) is 5.69 Å². The van der Waals surface area contributed by atoms with Crippen molar-refractivity contribution in [3.63, 3.8) is 0 Å². The Hall–Kier alpha value is -2.87. The lowest BCUT2D eigenvalue weighted by molar-refractivity contribution is -0.141. The number of carbonyl (C=O) groups excluding carboxylic acids is 2. The summed E-state index contributed by atoms with van der Waals surface area (Å²) in [6.07, 6.45) is 7.60.